The van der Waals surface area contributed by atoms with Gasteiger partial charge in [-0.3, -0.25) is 4.79 Å². The molecule has 1 aromatic carbocycles. The molecule has 0 radical (unpaired) electrons. The highest BCUT2D eigenvalue weighted by Gasteiger charge is 2.14. The first-order valence-electron chi connectivity index (χ1n) is 5.88. The molecular formula is C13H18Cl2N2O. The van der Waals surface area contributed by atoms with Gasteiger partial charge in [-0.2, -0.15) is 0 Å². The van der Waals surface area contributed by atoms with E-state index in [9.17, 15) is 4.79 Å². The van der Waals surface area contributed by atoms with Gasteiger partial charge in [0.2, 0.25) is 5.91 Å². The van der Waals surface area contributed by atoms with Crippen LogP contribution in [0.3, 0.4) is 0 Å². The molecule has 0 aromatic heterocycles. The number of carbonyl (C=O) groups excluding carboxylic acids is 1. The molecule has 5 heteroatoms. The van der Waals surface area contributed by atoms with Crippen molar-refractivity contribution >= 4 is 29.1 Å². The fourth-order valence-corrected chi connectivity index (χ4v) is 2.49. The van der Waals surface area contributed by atoms with Crippen LogP contribution in [0.5, 0.6) is 0 Å². The topological polar surface area (TPSA) is 55.1 Å². The van der Waals surface area contributed by atoms with Crippen LogP contribution >= 0.6 is 23.2 Å². The summed E-state index contributed by atoms with van der Waals surface area (Å²) in [6, 6.07) is 5.26. The molecule has 0 aliphatic heterocycles. The number of benzene rings is 1. The van der Waals surface area contributed by atoms with Crippen molar-refractivity contribution in [3.63, 3.8) is 0 Å². The minimum absolute atomic E-state index is 0.0555. The van der Waals surface area contributed by atoms with E-state index in [1.54, 1.807) is 25.1 Å². The predicted molar refractivity (Wildman–Crippen MR) is 76.2 cm³/mol. The van der Waals surface area contributed by atoms with Crippen molar-refractivity contribution in [2.75, 3.05) is 6.54 Å². The zero-order valence-electron chi connectivity index (χ0n) is 10.5. The minimum Gasteiger partial charge on any atom is -0.355 e. The molecule has 0 spiro atoms. The molecule has 1 aromatic rings. The van der Waals surface area contributed by atoms with Crippen LogP contribution in [0, 0.1) is 0 Å². The number of rotatable bonds is 5. The van der Waals surface area contributed by atoms with E-state index in [-0.39, 0.29) is 17.9 Å². The van der Waals surface area contributed by atoms with Crippen LogP contribution in [0.1, 0.15) is 31.7 Å². The van der Waals surface area contributed by atoms with Gasteiger partial charge in [0.15, 0.2) is 0 Å². The molecule has 0 aliphatic carbocycles. The van der Waals surface area contributed by atoms with Crippen molar-refractivity contribution in [3.8, 4) is 0 Å². The summed E-state index contributed by atoms with van der Waals surface area (Å²) < 4.78 is 0. The van der Waals surface area contributed by atoms with E-state index in [2.05, 4.69) is 5.32 Å². The average molecular weight is 289 g/mol. The number of nitrogens with one attached hydrogen (secondary N) is 1. The van der Waals surface area contributed by atoms with E-state index in [1.165, 1.54) is 0 Å². The van der Waals surface area contributed by atoms with E-state index in [4.69, 9.17) is 28.9 Å². The van der Waals surface area contributed by atoms with E-state index in [1.807, 2.05) is 6.92 Å². The van der Waals surface area contributed by atoms with Crippen LogP contribution in [0.25, 0.3) is 0 Å². The van der Waals surface area contributed by atoms with E-state index in [0.717, 1.165) is 5.56 Å². The minimum atomic E-state index is -0.135. The molecule has 18 heavy (non-hydrogen) atoms. The first kappa shape index (κ1) is 15.3. The number of carbonyl (C=O) groups is 1. The Morgan fingerprint density at radius 3 is 2.39 bits per heavy atom. The number of nitrogens with two attached hydrogens (primary N) is 1. The van der Waals surface area contributed by atoms with Crippen LogP contribution in [0.15, 0.2) is 18.2 Å². The Kier molecular flexibility index (Phi) is 5.93. The van der Waals surface area contributed by atoms with Crippen LogP contribution in [-0.2, 0) is 4.79 Å². The summed E-state index contributed by atoms with van der Waals surface area (Å²) in [6.45, 7) is 4.27. The van der Waals surface area contributed by atoms with Crippen molar-refractivity contribution in [1.82, 2.24) is 5.32 Å². The summed E-state index contributed by atoms with van der Waals surface area (Å²) in [5.41, 5.74) is 6.42. The molecular weight excluding hydrogens is 271 g/mol. The Morgan fingerprint density at radius 1 is 1.33 bits per heavy atom. The fraction of sp³-hybridized carbons (Fsp3) is 0.462. The lowest BCUT2D eigenvalue weighted by Crippen LogP contribution is -2.32. The Morgan fingerprint density at radius 2 is 1.89 bits per heavy atom. The van der Waals surface area contributed by atoms with E-state index in [0.29, 0.717) is 23.0 Å². The smallest absolute Gasteiger partial charge is 0.221 e. The molecule has 0 saturated carbocycles. The molecule has 0 aliphatic rings. The van der Waals surface area contributed by atoms with Gasteiger partial charge < -0.3 is 11.1 Å². The van der Waals surface area contributed by atoms with Crippen molar-refractivity contribution in [2.45, 2.75) is 32.2 Å². The maximum atomic E-state index is 11.5. The van der Waals surface area contributed by atoms with E-state index >= 15 is 0 Å². The molecule has 0 heterocycles. The van der Waals surface area contributed by atoms with Crippen molar-refractivity contribution < 1.29 is 4.79 Å². The normalized spacial score (nSPS) is 14.1. The van der Waals surface area contributed by atoms with Crippen molar-refractivity contribution in [2.24, 2.45) is 5.73 Å². The third-order valence-electron chi connectivity index (χ3n) is 2.61. The maximum Gasteiger partial charge on any atom is 0.221 e. The molecule has 100 valence electrons. The van der Waals surface area contributed by atoms with Gasteiger partial charge in [-0.1, -0.05) is 36.2 Å². The molecule has 1 rings (SSSR count). The summed E-state index contributed by atoms with van der Waals surface area (Å²) in [5.74, 6) is 0.00302. The van der Waals surface area contributed by atoms with Crippen molar-refractivity contribution in [1.29, 1.82) is 0 Å². The molecule has 0 saturated heterocycles. The second kappa shape index (κ2) is 6.98. The summed E-state index contributed by atoms with van der Waals surface area (Å²) >= 11 is 12.2. The quantitative estimate of drug-likeness (QED) is 0.875. The summed E-state index contributed by atoms with van der Waals surface area (Å²) in [4.78, 5) is 11.5. The molecule has 1 amide bonds. The largest absolute Gasteiger partial charge is 0.355 e. The van der Waals surface area contributed by atoms with Crippen LogP contribution in [-0.4, -0.2) is 18.5 Å². The second-order valence-electron chi connectivity index (χ2n) is 4.52. The number of halogens is 2. The van der Waals surface area contributed by atoms with Gasteiger partial charge in [0.05, 0.1) is 0 Å². The summed E-state index contributed by atoms with van der Waals surface area (Å²) in [7, 11) is 0. The Labute approximate surface area is 118 Å². The van der Waals surface area contributed by atoms with Gasteiger partial charge in [0, 0.05) is 35.0 Å². The van der Waals surface area contributed by atoms with Gasteiger partial charge >= 0.3 is 0 Å². The van der Waals surface area contributed by atoms with Gasteiger partial charge in [0.1, 0.15) is 0 Å². The zero-order valence-corrected chi connectivity index (χ0v) is 12.1. The SMILES string of the molecule is CC(N)CC(=O)NCC(C)c1c(Cl)cccc1Cl. The Balaban J connectivity index is 2.61. The standard InChI is InChI=1S/C13H18Cl2N2O/c1-8(7-17-12(18)6-9(2)16)13-10(14)4-3-5-11(13)15/h3-5,8-9H,6-7,16H2,1-2H3,(H,17,18). The number of hydrogen-bond acceptors (Lipinski definition) is 2. The molecule has 2 unspecified atom stereocenters. The maximum absolute atomic E-state index is 11.5. The lowest BCUT2D eigenvalue weighted by atomic mass is 10.0. The fourth-order valence-electron chi connectivity index (χ4n) is 1.72. The van der Waals surface area contributed by atoms with E-state index < -0.39 is 0 Å². The van der Waals surface area contributed by atoms with Crippen LogP contribution in [0.4, 0.5) is 0 Å². The third kappa shape index (κ3) is 4.48. The van der Waals surface area contributed by atoms with Crippen molar-refractivity contribution in [3.05, 3.63) is 33.8 Å². The zero-order chi connectivity index (χ0) is 13.7. The Hall–Kier alpha value is -0.770. The first-order chi connectivity index (χ1) is 8.41. The molecule has 0 fully saturated rings. The van der Waals surface area contributed by atoms with Crippen LogP contribution < -0.4 is 11.1 Å². The number of amides is 1. The van der Waals surface area contributed by atoms with Gasteiger partial charge in [-0.15, -0.1) is 0 Å². The highest BCUT2D eigenvalue weighted by molar-refractivity contribution is 6.36. The highest BCUT2D eigenvalue weighted by Crippen LogP contribution is 2.30. The first-order valence-corrected chi connectivity index (χ1v) is 6.63. The van der Waals surface area contributed by atoms with Gasteiger partial charge in [-0.25, -0.2) is 0 Å². The second-order valence-corrected chi connectivity index (χ2v) is 5.34. The molecule has 3 nitrogen and oxygen atoms in total. The monoisotopic (exact) mass is 288 g/mol. The molecule has 0 bridgehead atoms. The third-order valence-corrected chi connectivity index (χ3v) is 3.26. The van der Waals surface area contributed by atoms with Gasteiger partial charge in [-0.05, 0) is 24.6 Å². The molecule has 3 N–H and O–H groups in total. The predicted octanol–water partition coefficient (Wildman–Crippen LogP) is 2.95. The number of hydrogen-bond donors (Lipinski definition) is 2. The lowest BCUT2D eigenvalue weighted by molar-refractivity contribution is -0.121. The van der Waals surface area contributed by atoms with Gasteiger partial charge in [0.25, 0.3) is 0 Å². The Bertz CT molecular complexity index is 401. The summed E-state index contributed by atoms with van der Waals surface area (Å²) in [6.07, 6.45) is 0.322. The lowest BCUT2D eigenvalue weighted by Gasteiger charge is -2.16. The average Bonchev–Trinajstić information content (AvgIpc) is 2.25. The molecule has 2 atom stereocenters. The highest BCUT2D eigenvalue weighted by atomic mass is 35.5. The summed E-state index contributed by atoms with van der Waals surface area (Å²) in [5, 5.41) is 4.07. The van der Waals surface area contributed by atoms with Crippen LogP contribution in [0.2, 0.25) is 10.0 Å².